The summed E-state index contributed by atoms with van der Waals surface area (Å²) in [6.45, 7) is 5.84. The molecule has 0 atom stereocenters. The Morgan fingerprint density at radius 1 is 1.17 bits per heavy atom. The number of carbonyl (C=O) groups is 1. The van der Waals surface area contributed by atoms with Crippen molar-refractivity contribution in [1.82, 2.24) is 9.97 Å². The van der Waals surface area contributed by atoms with Crippen molar-refractivity contribution in [3.05, 3.63) is 64.9 Å². The van der Waals surface area contributed by atoms with Crippen LogP contribution >= 0.6 is 0 Å². The summed E-state index contributed by atoms with van der Waals surface area (Å²) in [6.07, 6.45) is 0.688. The molecule has 0 aliphatic rings. The van der Waals surface area contributed by atoms with Crippen molar-refractivity contribution in [3.8, 4) is 0 Å². The van der Waals surface area contributed by atoms with Crippen molar-refractivity contribution in [2.24, 2.45) is 5.73 Å². The highest BCUT2D eigenvalue weighted by Crippen LogP contribution is 2.23. The Morgan fingerprint density at radius 3 is 2.43 bits per heavy atom. The van der Waals surface area contributed by atoms with Crippen LogP contribution < -0.4 is 5.73 Å². The molecule has 0 bridgehead atoms. The van der Waals surface area contributed by atoms with Gasteiger partial charge in [-0.25, -0.2) is 14.8 Å². The summed E-state index contributed by atoms with van der Waals surface area (Å²) in [5.74, 6) is -0.00783. The molecule has 0 saturated carbocycles. The standard InChI is InChI=1S/C18H21N3O2/c1-4-14-11-15(18(22)23-5-2)21-17(20-14)16(12(3)19)13-9-7-6-8-10-13/h6-11H,4-5,19H2,1-3H3. The van der Waals surface area contributed by atoms with E-state index < -0.39 is 5.97 Å². The molecule has 2 rings (SSSR count). The van der Waals surface area contributed by atoms with Crippen molar-refractivity contribution in [1.29, 1.82) is 0 Å². The van der Waals surface area contributed by atoms with Crippen LogP contribution in [0.1, 0.15) is 48.3 Å². The Balaban J connectivity index is 2.58. The number of benzene rings is 1. The van der Waals surface area contributed by atoms with Gasteiger partial charge in [0.2, 0.25) is 0 Å². The van der Waals surface area contributed by atoms with Crippen LogP contribution in [0.5, 0.6) is 0 Å². The predicted octanol–water partition coefficient (Wildman–Crippen LogP) is 2.95. The molecular weight excluding hydrogens is 290 g/mol. The number of aromatic nitrogens is 2. The molecule has 23 heavy (non-hydrogen) atoms. The van der Waals surface area contributed by atoms with Crippen LogP contribution in [0.3, 0.4) is 0 Å². The molecule has 2 N–H and O–H groups in total. The molecule has 0 amide bonds. The zero-order valence-corrected chi connectivity index (χ0v) is 13.7. The van der Waals surface area contributed by atoms with Gasteiger partial charge in [-0.05, 0) is 31.9 Å². The van der Waals surface area contributed by atoms with Crippen LogP contribution in [0, 0.1) is 0 Å². The minimum absolute atomic E-state index is 0.253. The number of esters is 1. The van der Waals surface area contributed by atoms with Crippen LogP contribution in [0.4, 0.5) is 0 Å². The van der Waals surface area contributed by atoms with E-state index in [-0.39, 0.29) is 5.69 Å². The van der Waals surface area contributed by atoms with Gasteiger partial charge in [0.1, 0.15) is 0 Å². The zero-order valence-electron chi connectivity index (χ0n) is 13.7. The van der Waals surface area contributed by atoms with E-state index in [4.69, 9.17) is 10.5 Å². The Kier molecular flexibility index (Phi) is 5.46. The average molecular weight is 311 g/mol. The molecule has 0 fully saturated rings. The van der Waals surface area contributed by atoms with Crippen molar-refractivity contribution in [3.63, 3.8) is 0 Å². The fourth-order valence-electron chi connectivity index (χ4n) is 2.24. The average Bonchev–Trinajstić information content (AvgIpc) is 2.55. The van der Waals surface area contributed by atoms with Gasteiger partial charge < -0.3 is 10.5 Å². The van der Waals surface area contributed by atoms with E-state index in [1.165, 1.54) is 0 Å². The molecular formula is C18H21N3O2. The fourth-order valence-corrected chi connectivity index (χ4v) is 2.24. The Morgan fingerprint density at radius 2 is 1.87 bits per heavy atom. The molecule has 5 nitrogen and oxygen atoms in total. The summed E-state index contributed by atoms with van der Waals surface area (Å²) >= 11 is 0. The van der Waals surface area contributed by atoms with E-state index >= 15 is 0 Å². The third-order valence-corrected chi connectivity index (χ3v) is 3.31. The van der Waals surface area contributed by atoms with Crippen molar-refractivity contribution >= 4 is 11.5 Å². The Bertz CT molecular complexity index is 720. The maximum absolute atomic E-state index is 12.0. The second kappa shape index (κ2) is 7.54. The van der Waals surface area contributed by atoms with E-state index in [1.807, 2.05) is 37.3 Å². The van der Waals surface area contributed by atoms with E-state index in [1.54, 1.807) is 19.9 Å². The van der Waals surface area contributed by atoms with Crippen LogP contribution in [-0.2, 0) is 11.2 Å². The first-order valence-electron chi connectivity index (χ1n) is 7.64. The topological polar surface area (TPSA) is 78.1 Å². The lowest BCUT2D eigenvalue weighted by atomic mass is 10.0. The summed E-state index contributed by atoms with van der Waals surface area (Å²) in [7, 11) is 0. The summed E-state index contributed by atoms with van der Waals surface area (Å²) in [4.78, 5) is 20.9. The van der Waals surface area contributed by atoms with Gasteiger partial charge in [-0.2, -0.15) is 0 Å². The molecule has 0 spiro atoms. The lowest BCUT2D eigenvalue weighted by Crippen LogP contribution is -2.13. The molecule has 0 aliphatic heterocycles. The second-order valence-corrected chi connectivity index (χ2v) is 5.07. The molecule has 5 heteroatoms. The van der Waals surface area contributed by atoms with E-state index in [9.17, 15) is 4.79 Å². The SMILES string of the molecule is CCOC(=O)c1cc(CC)nc(C(=C(C)N)c2ccccc2)n1. The highest BCUT2D eigenvalue weighted by molar-refractivity contribution is 5.88. The number of aryl methyl sites for hydroxylation is 1. The molecule has 1 aromatic carbocycles. The summed E-state index contributed by atoms with van der Waals surface area (Å²) in [5, 5.41) is 0. The number of nitrogens with zero attached hydrogens (tertiary/aromatic N) is 2. The largest absolute Gasteiger partial charge is 0.461 e. The minimum atomic E-state index is -0.451. The Labute approximate surface area is 136 Å². The molecule has 120 valence electrons. The lowest BCUT2D eigenvalue weighted by Gasteiger charge is -2.12. The number of nitrogens with two attached hydrogens (primary N) is 1. The molecule has 1 heterocycles. The van der Waals surface area contributed by atoms with Crippen molar-refractivity contribution < 1.29 is 9.53 Å². The number of carbonyl (C=O) groups excluding carboxylic acids is 1. The third-order valence-electron chi connectivity index (χ3n) is 3.31. The predicted molar refractivity (Wildman–Crippen MR) is 89.7 cm³/mol. The monoisotopic (exact) mass is 311 g/mol. The van der Waals surface area contributed by atoms with Gasteiger partial charge in [-0.15, -0.1) is 0 Å². The highest BCUT2D eigenvalue weighted by Gasteiger charge is 2.17. The summed E-state index contributed by atoms with van der Waals surface area (Å²) in [6, 6.07) is 11.3. The van der Waals surface area contributed by atoms with Gasteiger partial charge in [0.25, 0.3) is 0 Å². The zero-order chi connectivity index (χ0) is 16.8. The van der Waals surface area contributed by atoms with Gasteiger partial charge in [0.05, 0.1) is 6.61 Å². The van der Waals surface area contributed by atoms with Gasteiger partial charge in [0.15, 0.2) is 11.5 Å². The molecule has 0 unspecified atom stereocenters. The minimum Gasteiger partial charge on any atom is -0.461 e. The van der Waals surface area contributed by atoms with Gasteiger partial charge >= 0.3 is 5.97 Å². The van der Waals surface area contributed by atoms with Gasteiger partial charge in [-0.3, -0.25) is 0 Å². The smallest absolute Gasteiger partial charge is 0.357 e. The molecule has 2 aromatic rings. The maximum Gasteiger partial charge on any atom is 0.357 e. The quantitative estimate of drug-likeness (QED) is 0.859. The van der Waals surface area contributed by atoms with E-state index in [2.05, 4.69) is 9.97 Å². The molecule has 1 aromatic heterocycles. The fraction of sp³-hybridized carbons (Fsp3) is 0.278. The molecule has 0 radical (unpaired) electrons. The third kappa shape index (κ3) is 3.94. The number of hydrogen-bond donors (Lipinski definition) is 1. The Hall–Kier alpha value is -2.69. The number of allylic oxidation sites excluding steroid dienone is 1. The number of hydrogen-bond acceptors (Lipinski definition) is 5. The lowest BCUT2D eigenvalue weighted by molar-refractivity contribution is 0.0519. The van der Waals surface area contributed by atoms with Crippen LogP contribution in [-0.4, -0.2) is 22.5 Å². The summed E-state index contributed by atoms with van der Waals surface area (Å²) in [5.41, 5.74) is 9.32. The summed E-state index contributed by atoms with van der Waals surface area (Å²) < 4.78 is 5.05. The van der Waals surface area contributed by atoms with Crippen molar-refractivity contribution in [2.45, 2.75) is 27.2 Å². The first-order chi connectivity index (χ1) is 11.1. The van der Waals surface area contributed by atoms with E-state index in [0.717, 1.165) is 16.8 Å². The van der Waals surface area contributed by atoms with Crippen molar-refractivity contribution in [2.75, 3.05) is 6.61 Å². The maximum atomic E-state index is 12.0. The first kappa shape index (κ1) is 16.7. The number of rotatable bonds is 5. The van der Waals surface area contributed by atoms with Gasteiger partial charge in [0, 0.05) is 17.0 Å². The van der Waals surface area contributed by atoms with Gasteiger partial charge in [-0.1, -0.05) is 37.3 Å². The first-order valence-corrected chi connectivity index (χ1v) is 7.64. The van der Waals surface area contributed by atoms with Crippen LogP contribution in [0.25, 0.3) is 5.57 Å². The highest BCUT2D eigenvalue weighted by atomic mass is 16.5. The second-order valence-electron chi connectivity index (χ2n) is 5.07. The molecule has 0 saturated heterocycles. The molecule has 0 aliphatic carbocycles. The van der Waals surface area contributed by atoms with Crippen LogP contribution in [0.2, 0.25) is 0 Å². The number of ether oxygens (including phenoxy) is 1. The van der Waals surface area contributed by atoms with Crippen LogP contribution in [0.15, 0.2) is 42.1 Å². The normalized spacial score (nSPS) is 11.8. The van der Waals surface area contributed by atoms with E-state index in [0.29, 0.717) is 24.5 Å².